The molecule has 2 spiro atoms. The number of methoxy groups -OCH3 is 1. The monoisotopic (exact) mass is 412 g/mol. The zero-order valence-corrected chi connectivity index (χ0v) is 18.2. The Bertz CT molecular complexity index is 870. The summed E-state index contributed by atoms with van der Waals surface area (Å²) in [5.74, 6) is 1.36. The number of nitrogens with one attached hydrogen (secondary N) is 1. The highest BCUT2D eigenvalue weighted by Crippen LogP contribution is 2.60. The molecule has 0 bridgehead atoms. The van der Waals surface area contributed by atoms with Crippen LogP contribution in [0.25, 0.3) is 0 Å². The number of hydrogen-bond donors (Lipinski definition) is 1. The Morgan fingerprint density at radius 1 is 1.17 bits per heavy atom. The van der Waals surface area contributed by atoms with E-state index in [1.165, 1.54) is 17.7 Å². The summed E-state index contributed by atoms with van der Waals surface area (Å²) in [6.45, 7) is 4.52. The number of carbonyl (C=O) groups excluding carboxylic acids is 2. The smallest absolute Gasteiger partial charge is 0.325 e. The maximum absolute atomic E-state index is 13.9. The summed E-state index contributed by atoms with van der Waals surface area (Å²) < 4.78 is 11.7. The Kier molecular flexibility index (Phi) is 4.62. The number of imide groups is 1. The van der Waals surface area contributed by atoms with Crippen LogP contribution in [0, 0.1) is 11.3 Å². The molecule has 3 amide bonds. The highest BCUT2D eigenvalue weighted by atomic mass is 16.5. The lowest BCUT2D eigenvalue weighted by Crippen LogP contribution is -2.57. The highest BCUT2D eigenvalue weighted by molar-refractivity contribution is 6.09. The largest absolute Gasteiger partial charge is 0.493 e. The van der Waals surface area contributed by atoms with Gasteiger partial charge < -0.3 is 14.8 Å². The molecule has 1 aromatic rings. The van der Waals surface area contributed by atoms with Gasteiger partial charge in [-0.2, -0.15) is 0 Å². The summed E-state index contributed by atoms with van der Waals surface area (Å²) in [6, 6.07) is 5.70. The Balaban J connectivity index is 1.57. The lowest BCUT2D eigenvalue weighted by molar-refractivity contribution is -0.139. The number of ether oxygens (including phenoxy) is 2. The van der Waals surface area contributed by atoms with Crippen molar-refractivity contribution in [2.45, 2.75) is 76.5 Å². The molecule has 1 saturated heterocycles. The number of urea groups is 1. The van der Waals surface area contributed by atoms with Gasteiger partial charge in [0.1, 0.15) is 5.75 Å². The summed E-state index contributed by atoms with van der Waals surface area (Å²) in [4.78, 5) is 28.3. The van der Waals surface area contributed by atoms with Crippen LogP contribution >= 0.6 is 0 Å². The van der Waals surface area contributed by atoms with Crippen molar-refractivity contribution in [2.24, 2.45) is 11.3 Å². The molecule has 6 nitrogen and oxygen atoms in total. The van der Waals surface area contributed by atoms with Gasteiger partial charge in [0.2, 0.25) is 0 Å². The van der Waals surface area contributed by atoms with Crippen LogP contribution in [0.3, 0.4) is 0 Å². The summed E-state index contributed by atoms with van der Waals surface area (Å²) in [5.41, 5.74) is 0.786. The van der Waals surface area contributed by atoms with Crippen LogP contribution < -0.4 is 10.1 Å². The molecule has 1 N–H and O–H groups in total. The standard InChI is InChI=1S/C24H32N2O4/c1-15(2)26-21(27)24(25-22(26)28)20-12-19(30-14-16-4-5-16)7-6-17(20)13-23(24)10-8-18(29-3)9-11-23/h6-7,12,15-16,18H,4-5,8-11,13-14H2,1-3H3,(H,25,28). The zero-order valence-electron chi connectivity index (χ0n) is 18.2. The number of rotatable bonds is 5. The van der Waals surface area contributed by atoms with E-state index in [2.05, 4.69) is 11.4 Å². The first-order chi connectivity index (χ1) is 14.4. The first-order valence-corrected chi connectivity index (χ1v) is 11.3. The third kappa shape index (κ3) is 2.79. The summed E-state index contributed by atoms with van der Waals surface area (Å²) in [7, 11) is 1.76. The summed E-state index contributed by atoms with van der Waals surface area (Å²) in [5, 5.41) is 3.21. The summed E-state index contributed by atoms with van der Waals surface area (Å²) >= 11 is 0. The minimum Gasteiger partial charge on any atom is -0.493 e. The van der Waals surface area contributed by atoms with Crippen molar-refractivity contribution in [3.63, 3.8) is 0 Å². The van der Waals surface area contributed by atoms with Crippen LogP contribution in [0.2, 0.25) is 0 Å². The molecular weight excluding hydrogens is 380 g/mol. The molecule has 1 aliphatic heterocycles. The van der Waals surface area contributed by atoms with Crippen molar-refractivity contribution in [1.29, 1.82) is 0 Å². The number of fused-ring (bicyclic) bond motifs is 3. The minimum atomic E-state index is -0.999. The van der Waals surface area contributed by atoms with Gasteiger partial charge in [0.25, 0.3) is 5.91 Å². The van der Waals surface area contributed by atoms with Crippen LogP contribution in [-0.4, -0.2) is 42.7 Å². The van der Waals surface area contributed by atoms with Crippen LogP contribution in [0.1, 0.15) is 63.5 Å². The predicted molar refractivity (Wildman–Crippen MR) is 112 cm³/mol. The maximum Gasteiger partial charge on any atom is 0.325 e. The van der Waals surface area contributed by atoms with Crippen LogP contribution in [-0.2, 0) is 21.5 Å². The Labute approximate surface area is 178 Å². The average molecular weight is 413 g/mol. The van der Waals surface area contributed by atoms with E-state index in [0.29, 0.717) is 5.92 Å². The fourth-order valence-electron chi connectivity index (χ4n) is 5.92. The van der Waals surface area contributed by atoms with E-state index in [0.717, 1.165) is 55.6 Å². The molecule has 2 saturated carbocycles. The molecule has 162 valence electrons. The predicted octanol–water partition coefficient (Wildman–Crippen LogP) is 3.76. The molecule has 0 radical (unpaired) electrons. The Morgan fingerprint density at radius 3 is 2.50 bits per heavy atom. The minimum absolute atomic E-state index is 0.101. The van der Waals surface area contributed by atoms with Gasteiger partial charge in [-0.3, -0.25) is 9.69 Å². The quantitative estimate of drug-likeness (QED) is 0.748. The van der Waals surface area contributed by atoms with Gasteiger partial charge in [-0.25, -0.2) is 4.79 Å². The molecule has 6 heteroatoms. The molecule has 30 heavy (non-hydrogen) atoms. The van der Waals surface area contributed by atoms with Gasteiger partial charge in [-0.15, -0.1) is 0 Å². The van der Waals surface area contributed by atoms with Gasteiger partial charge in [0.15, 0.2) is 5.54 Å². The zero-order chi connectivity index (χ0) is 21.1. The Hall–Kier alpha value is -2.08. The molecule has 3 aliphatic carbocycles. The van der Waals surface area contributed by atoms with Crippen molar-refractivity contribution in [1.82, 2.24) is 10.2 Å². The first kappa shape index (κ1) is 19.9. The van der Waals surface area contributed by atoms with E-state index in [4.69, 9.17) is 9.47 Å². The van der Waals surface area contributed by atoms with Crippen molar-refractivity contribution in [2.75, 3.05) is 13.7 Å². The number of nitrogens with zero attached hydrogens (tertiary/aromatic N) is 1. The lowest BCUT2D eigenvalue weighted by Gasteiger charge is -2.46. The van der Waals surface area contributed by atoms with Crippen LogP contribution in [0.5, 0.6) is 5.75 Å². The maximum atomic E-state index is 13.9. The first-order valence-electron chi connectivity index (χ1n) is 11.3. The van der Waals surface area contributed by atoms with Gasteiger partial charge in [-0.05, 0) is 88.0 Å². The SMILES string of the molecule is COC1CCC2(CC1)Cc1ccc(OCC3CC3)cc1C21NC(=O)N(C(C)C)C1=O. The molecule has 1 atom stereocenters. The van der Waals surface area contributed by atoms with E-state index in [1.54, 1.807) is 7.11 Å². The van der Waals surface area contributed by atoms with E-state index in [9.17, 15) is 9.59 Å². The molecule has 1 unspecified atom stereocenters. The van der Waals surface area contributed by atoms with Gasteiger partial charge >= 0.3 is 6.03 Å². The average Bonchev–Trinajstić information content (AvgIpc) is 3.46. The number of benzene rings is 1. The van der Waals surface area contributed by atoms with Crippen molar-refractivity contribution < 1.29 is 19.1 Å². The molecule has 0 aromatic heterocycles. The topological polar surface area (TPSA) is 67.9 Å². The third-order valence-electron chi connectivity index (χ3n) is 7.78. The van der Waals surface area contributed by atoms with Crippen molar-refractivity contribution in [3.05, 3.63) is 29.3 Å². The van der Waals surface area contributed by atoms with Crippen molar-refractivity contribution in [3.8, 4) is 5.75 Å². The Morgan fingerprint density at radius 2 is 1.90 bits per heavy atom. The summed E-state index contributed by atoms with van der Waals surface area (Å²) in [6.07, 6.45) is 7.02. The molecular formula is C24H32N2O4. The number of hydrogen-bond acceptors (Lipinski definition) is 4. The normalized spacial score (nSPS) is 32.9. The molecule has 1 heterocycles. The number of amides is 3. The molecule has 1 aromatic carbocycles. The fourth-order valence-corrected chi connectivity index (χ4v) is 5.92. The van der Waals surface area contributed by atoms with Crippen LogP contribution in [0.4, 0.5) is 4.79 Å². The van der Waals surface area contributed by atoms with E-state index >= 15 is 0 Å². The highest BCUT2D eigenvalue weighted by Gasteiger charge is 2.68. The molecule has 5 rings (SSSR count). The molecule has 3 fully saturated rings. The lowest BCUT2D eigenvalue weighted by atomic mass is 9.61. The number of carbonyl (C=O) groups is 2. The van der Waals surface area contributed by atoms with Gasteiger partial charge in [0.05, 0.1) is 12.7 Å². The molecule has 4 aliphatic rings. The second kappa shape index (κ2) is 6.98. The van der Waals surface area contributed by atoms with Crippen LogP contribution in [0.15, 0.2) is 18.2 Å². The van der Waals surface area contributed by atoms with E-state index < -0.39 is 5.54 Å². The van der Waals surface area contributed by atoms with Gasteiger partial charge in [0, 0.05) is 18.6 Å². The van der Waals surface area contributed by atoms with E-state index in [1.807, 2.05) is 26.0 Å². The van der Waals surface area contributed by atoms with Crippen molar-refractivity contribution >= 4 is 11.9 Å². The van der Waals surface area contributed by atoms with E-state index in [-0.39, 0.29) is 29.5 Å². The second-order valence-electron chi connectivity index (χ2n) is 9.91. The van der Waals surface area contributed by atoms with Gasteiger partial charge in [-0.1, -0.05) is 6.07 Å². The third-order valence-corrected chi connectivity index (χ3v) is 7.78. The fraction of sp³-hybridized carbons (Fsp3) is 0.667. The second-order valence-corrected chi connectivity index (χ2v) is 9.91.